The second kappa shape index (κ2) is 12.9. The molecule has 0 fully saturated rings. The number of ether oxygens (including phenoxy) is 1. The van der Waals surface area contributed by atoms with Crippen LogP contribution < -0.4 is 10.6 Å². The molecule has 2 atom stereocenters. The zero-order chi connectivity index (χ0) is 26.8. The lowest BCUT2D eigenvalue weighted by Gasteiger charge is -2.31. The summed E-state index contributed by atoms with van der Waals surface area (Å²) < 4.78 is 5.27. The topological polar surface area (TPSA) is 105 Å². The van der Waals surface area contributed by atoms with E-state index in [0.29, 0.717) is 0 Å². The normalized spacial score (nSPS) is 12.9. The predicted octanol–water partition coefficient (Wildman–Crippen LogP) is 4.53. The second-order valence-electron chi connectivity index (χ2n) is 10.2. The Morgan fingerprint density at radius 1 is 0.917 bits per heavy atom. The molecular formula is C28H36N2O5Si. The summed E-state index contributed by atoms with van der Waals surface area (Å²) in [6.07, 6.45) is -0.612. The molecule has 0 aromatic heterocycles. The highest BCUT2D eigenvalue weighted by molar-refractivity contribution is 6.87. The van der Waals surface area contributed by atoms with Crippen molar-refractivity contribution in [2.75, 3.05) is 0 Å². The predicted molar refractivity (Wildman–Crippen MR) is 143 cm³/mol. The summed E-state index contributed by atoms with van der Waals surface area (Å²) in [7, 11) is -1.92. The van der Waals surface area contributed by atoms with Gasteiger partial charge < -0.3 is 20.5 Å². The smallest absolute Gasteiger partial charge is 0.408 e. The lowest BCUT2D eigenvalue weighted by molar-refractivity contribution is -0.141. The van der Waals surface area contributed by atoms with Gasteiger partial charge >= 0.3 is 12.1 Å². The molecule has 8 heteroatoms. The van der Waals surface area contributed by atoms with Crippen LogP contribution in [0.4, 0.5) is 4.79 Å². The molecule has 0 bridgehead atoms. The van der Waals surface area contributed by atoms with Gasteiger partial charge in [0, 0.05) is 12.8 Å². The lowest BCUT2D eigenvalue weighted by atomic mass is 10.0. The minimum absolute atomic E-state index is 0.0237. The highest BCUT2D eigenvalue weighted by Gasteiger charge is 2.34. The van der Waals surface area contributed by atoms with E-state index in [9.17, 15) is 19.5 Å². The van der Waals surface area contributed by atoms with Crippen LogP contribution in [0.25, 0.3) is 0 Å². The summed E-state index contributed by atoms with van der Waals surface area (Å²) in [6, 6.07) is 16.1. The number of rotatable bonds is 9. The van der Waals surface area contributed by atoms with Crippen LogP contribution in [0.1, 0.15) is 38.3 Å². The number of carboxylic acids is 1. The Hall–Kier alpha value is -3.57. The van der Waals surface area contributed by atoms with Crippen LogP contribution in [0.2, 0.25) is 18.1 Å². The van der Waals surface area contributed by atoms with Crippen molar-refractivity contribution < 1.29 is 24.2 Å². The van der Waals surface area contributed by atoms with Gasteiger partial charge in [-0.25, -0.2) is 9.59 Å². The van der Waals surface area contributed by atoms with Crippen LogP contribution >= 0.6 is 0 Å². The number of amides is 2. The van der Waals surface area contributed by atoms with Crippen molar-refractivity contribution in [1.82, 2.24) is 10.6 Å². The van der Waals surface area contributed by atoms with Crippen LogP contribution in [0.3, 0.4) is 0 Å². The molecule has 2 amide bonds. The fourth-order valence-electron chi connectivity index (χ4n) is 3.00. The van der Waals surface area contributed by atoms with Crippen molar-refractivity contribution in [3.05, 3.63) is 71.8 Å². The fraction of sp³-hybridized carbons (Fsp3) is 0.393. The number of alkyl carbamates (subject to hydrolysis) is 1. The van der Waals surface area contributed by atoms with Crippen molar-refractivity contribution in [3.8, 4) is 11.5 Å². The number of aliphatic carboxylic acids is 1. The van der Waals surface area contributed by atoms with E-state index in [2.05, 4.69) is 56.0 Å². The average Bonchev–Trinajstić information content (AvgIpc) is 2.82. The fourth-order valence-corrected chi connectivity index (χ4v) is 3.92. The summed E-state index contributed by atoms with van der Waals surface area (Å²) >= 11 is 0. The van der Waals surface area contributed by atoms with Crippen molar-refractivity contribution in [2.24, 2.45) is 0 Å². The van der Waals surface area contributed by atoms with Crippen LogP contribution in [0.15, 0.2) is 60.7 Å². The van der Waals surface area contributed by atoms with Gasteiger partial charge in [0.25, 0.3) is 0 Å². The maximum absolute atomic E-state index is 13.1. The van der Waals surface area contributed by atoms with E-state index >= 15 is 0 Å². The zero-order valence-corrected chi connectivity index (χ0v) is 22.6. The first-order valence-electron chi connectivity index (χ1n) is 11.9. The van der Waals surface area contributed by atoms with Crippen LogP contribution in [0.5, 0.6) is 0 Å². The molecular weight excluding hydrogens is 472 g/mol. The number of carbonyl (C=O) groups is 3. The molecule has 0 spiro atoms. The number of nitrogens with one attached hydrogen (secondary N) is 2. The van der Waals surface area contributed by atoms with E-state index < -0.39 is 38.1 Å². The quantitative estimate of drug-likeness (QED) is 0.341. The van der Waals surface area contributed by atoms with E-state index in [4.69, 9.17) is 4.74 Å². The molecule has 0 aliphatic carbocycles. The molecule has 3 N–H and O–H groups in total. The van der Waals surface area contributed by atoms with Crippen molar-refractivity contribution >= 4 is 26.0 Å². The molecule has 0 aliphatic heterocycles. The van der Waals surface area contributed by atoms with Crippen LogP contribution in [-0.2, 0) is 27.4 Å². The van der Waals surface area contributed by atoms with Gasteiger partial charge in [0.05, 0.1) is 0 Å². The maximum atomic E-state index is 13.1. The SMILES string of the molecule is CC(C)(C)[Si](C)(C)C#CC[C@H](NC(=O)[C@H](Cc1ccccc1)NC(=O)OCc1ccccc1)C(=O)O. The van der Waals surface area contributed by atoms with Crippen LogP contribution in [-0.4, -0.2) is 43.2 Å². The van der Waals surface area contributed by atoms with E-state index in [1.807, 2.05) is 60.7 Å². The van der Waals surface area contributed by atoms with Gasteiger partial charge in [-0.05, 0) is 16.2 Å². The Morgan fingerprint density at radius 2 is 1.47 bits per heavy atom. The van der Waals surface area contributed by atoms with Gasteiger partial charge in [0.15, 0.2) is 0 Å². The van der Waals surface area contributed by atoms with Crippen molar-refractivity contribution in [2.45, 2.75) is 70.4 Å². The molecule has 0 saturated carbocycles. The lowest BCUT2D eigenvalue weighted by Crippen LogP contribution is -2.52. The van der Waals surface area contributed by atoms with Gasteiger partial charge in [0.1, 0.15) is 26.8 Å². The standard InChI is InChI=1S/C28H36N2O5Si/c1-28(2,3)36(4,5)18-12-17-23(26(32)33)29-25(31)24(19-21-13-8-6-9-14-21)30-27(34)35-20-22-15-10-7-11-16-22/h6-11,13-16,23-24H,17,19-20H2,1-5H3,(H,29,31)(H,30,34)(H,32,33)/t23-,24-/m0/s1. The Bertz CT molecular complexity index is 1090. The molecule has 0 radical (unpaired) electrons. The van der Waals surface area contributed by atoms with E-state index in [-0.39, 0.29) is 24.5 Å². The first-order valence-corrected chi connectivity index (χ1v) is 14.9. The second-order valence-corrected chi connectivity index (χ2v) is 15.2. The molecule has 7 nitrogen and oxygen atoms in total. The Labute approximate surface area is 214 Å². The highest BCUT2D eigenvalue weighted by atomic mass is 28.3. The summed E-state index contributed by atoms with van der Waals surface area (Å²) in [5.41, 5.74) is 4.89. The van der Waals surface area contributed by atoms with Crippen molar-refractivity contribution in [1.29, 1.82) is 0 Å². The third kappa shape index (κ3) is 9.23. The third-order valence-corrected chi connectivity index (χ3v) is 10.9. The maximum Gasteiger partial charge on any atom is 0.408 e. The number of hydrogen-bond acceptors (Lipinski definition) is 4. The zero-order valence-electron chi connectivity index (χ0n) is 21.6. The molecule has 2 rings (SSSR count). The largest absolute Gasteiger partial charge is 0.480 e. The first kappa shape index (κ1) is 28.7. The first-order chi connectivity index (χ1) is 16.9. The Morgan fingerprint density at radius 3 is 2.00 bits per heavy atom. The molecule has 0 aliphatic rings. The minimum Gasteiger partial charge on any atom is -0.480 e. The number of hydrogen-bond donors (Lipinski definition) is 3. The monoisotopic (exact) mass is 508 g/mol. The number of carboxylic acid groups (broad SMARTS) is 1. The molecule has 0 heterocycles. The van der Waals surface area contributed by atoms with E-state index in [0.717, 1.165) is 11.1 Å². The van der Waals surface area contributed by atoms with E-state index in [1.165, 1.54) is 0 Å². The summed E-state index contributed by atoms with van der Waals surface area (Å²) in [5.74, 6) is 1.19. The summed E-state index contributed by atoms with van der Waals surface area (Å²) in [6.45, 7) is 10.7. The summed E-state index contributed by atoms with van der Waals surface area (Å²) in [5, 5.41) is 14.9. The summed E-state index contributed by atoms with van der Waals surface area (Å²) in [4.78, 5) is 37.4. The molecule has 2 aromatic rings. The minimum atomic E-state index is -1.92. The van der Waals surface area contributed by atoms with Gasteiger partial charge in [-0.2, -0.15) is 0 Å². The Balaban J connectivity index is 2.11. The van der Waals surface area contributed by atoms with Crippen LogP contribution in [0, 0.1) is 11.5 Å². The van der Waals surface area contributed by atoms with Gasteiger partial charge in [0.2, 0.25) is 5.91 Å². The van der Waals surface area contributed by atoms with Gasteiger partial charge in [-0.15, -0.1) is 11.5 Å². The molecule has 0 unspecified atom stereocenters. The molecule has 2 aromatic carbocycles. The van der Waals surface area contributed by atoms with Gasteiger partial charge in [-0.1, -0.05) is 94.5 Å². The molecule has 0 saturated heterocycles. The third-order valence-electron chi connectivity index (χ3n) is 6.30. The molecule has 36 heavy (non-hydrogen) atoms. The van der Waals surface area contributed by atoms with E-state index in [1.54, 1.807) is 0 Å². The molecule has 192 valence electrons. The van der Waals surface area contributed by atoms with Crippen molar-refractivity contribution in [3.63, 3.8) is 0 Å². The highest BCUT2D eigenvalue weighted by Crippen LogP contribution is 2.35. The Kier molecular flexibility index (Phi) is 10.3. The number of carbonyl (C=O) groups excluding carboxylic acids is 2. The number of benzene rings is 2. The average molecular weight is 509 g/mol. The van der Waals surface area contributed by atoms with Gasteiger partial charge in [-0.3, -0.25) is 4.79 Å².